The van der Waals surface area contributed by atoms with E-state index >= 15 is 0 Å². The summed E-state index contributed by atoms with van der Waals surface area (Å²) < 4.78 is 1.08. The van der Waals surface area contributed by atoms with Gasteiger partial charge in [0, 0.05) is 11.2 Å². The molecular formula is C13H13NO2S. The van der Waals surface area contributed by atoms with Crippen LogP contribution < -0.4 is 5.32 Å². The fourth-order valence-corrected chi connectivity index (χ4v) is 2.61. The molecule has 0 atom stereocenters. The maximum atomic E-state index is 11.8. The second-order valence-corrected chi connectivity index (χ2v) is 4.79. The van der Waals surface area contributed by atoms with Gasteiger partial charge in [-0.15, -0.1) is 11.3 Å². The average Bonchev–Trinajstić information content (AvgIpc) is 2.72. The van der Waals surface area contributed by atoms with Gasteiger partial charge in [0.25, 0.3) is 0 Å². The van der Waals surface area contributed by atoms with Crippen LogP contribution in [0.2, 0.25) is 0 Å². The molecule has 0 bridgehead atoms. The van der Waals surface area contributed by atoms with E-state index in [1.807, 2.05) is 37.3 Å². The summed E-state index contributed by atoms with van der Waals surface area (Å²) in [5.74, 6) is -0.327. The molecule has 0 unspecified atom stereocenters. The minimum Gasteiger partial charge on any atom is -0.356 e. The number of fused-ring (bicyclic) bond motifs is 1. The van der Waals surface area contributed by atoms with Crippen LogP contribution in [0, 0.1) is 0 Å². The van der Waals surface area contributed by atoms with Crippen molar-refractivity contribution < 1.29 is 9.59 Å². The molecule has 17 heavy (non-hydrogen) atoms. The number of benzene rings is 1. The first-order chi connectivity index (χ1) is 8.20. The average molecular weight is 247 g/mol. The van der Waals surface area contributed by atoms with Crippen molar-refractivity contribution in [3.8, 4) is 0 Å². The van der Waals surface area contributed by atoms with Crippen LogP contribution in [0.25, 0.3) is 10.1 Å². The van der Waals surface area contributed by atoms with Crippen molar-refractivity contribution in [2.75, 3.05) is 6.54 Å². The van der Waals surface area contributed by atoms with Gasteiger partial charge in [-0.25, -0.2) is 0 Å². The molecule has 88 valence electrons. The molecule has 0 saturated heterocycles. The van der Waals surface area contributed by atoms with E-state index in [1.54, 1.807) is 0 Å². The van der Waals surface area contributed by atoms with Gasteiger partial charge in [-0.3, -0.25) is 9.59 Å². The summed E-state index contributed by atoms with van der Waals surface area (Å²) >= 11 is 1.44. The molecule has 0 radical (unpaired) electrons. The molecule has 0 saturated carbocycles. The molecule has 1 aromatic carbocycles. The largest absolute Gasteiger partial charge is 0.356 e. The molecule has 0 fully saturated rings. The van der Waals surface area contributed by atoms with Crippen LogP contribution in [0.15, 0.2) is 30.3 Å². The van der Waals surface area contributed by atoms with Crippen molar-refractivity contribution in [2.45, 2.75) is 13.3 Å². The van der Waals surface area contributed by atoms with Crippen molar-refractivity contribution in [3.05, 3.63) is 35.2 Å². The number of rotatable bonds is 4. The number of Topliss-reactive ketones (excluding diaryl/α,β-unsaturated/α-hetero) is 1. The highest BCUT2D eigenvalue weighted by Crippen LogP contribution is 2.26. The summed E-state index contributed by atoms with van der Waals surface area (Å²) in [6.07, 6.45) is -0.0688. The number of nitrogens with one attached hydrogen (secondary N) is 1. The fraction of sp³-hybridized carbons (Fsp3) is 0.231. The number of amides is 1. The van der Waals surface area contributed by atoms with Crippen LogP contribution in [0.5, 0.6) is 0 Å². The third kappa shape index (κ3) is 2.71. The Morgan fingerprint density at radius 2 is 2.06 bits per heavy atom. The Bertz CT molecular complexity index is 526. The second-order valence-electron chi connectivity index (χ2n) is 3.70. The standard InChI is InChI=1S/C13H13NO2S/c1-2-14-13(16)8-10(15)12-7-9-5-3-4-6-11(9)17-12/h3-7H,2,8H2,1H3,(H,14,16). The van der Waals surface area contributed by atoms with Crippen molar-refractivity contribution >= 4 is 33.1 Å². The summed E-state index contributed by atoms with van der Waals surface area (Å²) in [7, 11) is 0. The number of carbonyl (C=O) groups excluding carboxylic acids is 2. The fourth-order valence-electron chi connectivity index (χ4n) is 1.61. The van der Waals surface area contributed by atoms with Crippen molar-refractivity contribution in [1.29, 1.82) is 0 Å². The molecule has 3 nitrogen and oxygen atoms in total. The Morgan fingerprint density at radius 1 is 1.29 bits per heavy atom. The molecule has 1 heterocycles. The van der Waals surface area contributed by atoms with Gasteiger partial charge in [0.05, 0.1) is 11.3 Å². The normalized spacial score (nSPS) is 10.4. The summed E-state index contributed by atoms with van der Waals surface area (Å²) in [6.45, 7) is 2.39. The summed E-state index contributed by atoms with van der Waals surface area (Å²) in [4.78, 5) is 23.8. The van der Waals surface area contributed by atoms with Crippen LogP contribution in [0.1, 0.15) is 23.0 Å². The van der Waals surface area contributed by atoms with Crippen LogP contribution in [0.4, 0.5) is 0 Å². The van der Waals surface area contributed by atoms with Gasteiger partial charge >= 0.3 is 0 Å². The van der Waals surface area contributed by atoms with E-state index in [9.17, 15) is 9.59 Å². The first-order valence-corrected chi connectivity index (χ1v) is 6.31. The monoisotopic (exact) mass is 247 g/mol. The highest BCUT2D eigenvalue weighted by molar-refractivity contribution is 7.20. The maximum absolute atomic E-state index is 11.8. The molecule has 0 spiro atoms. The van der Waals surface area contributed by atoms with E-state index in [0.717, 1.165) is 10.1 Å². The predicted octanol–water partition coefficient (Wildman–Crippen LogP) is 2.61. The molecule has 1 amide bonds. The molecule has 0 aliphatic carbocycles. The van der Waals surface area contributed by atoms with Crippen molar-refractivity contribution in [1.82, 2.24) is 5.32 Å². The molecule has 0 aliphatic rings. The van der Waals surface area contributed by atoms with Crippen LogP contribution in [-0.2, 0) is 4.79 Å². The van der Waals surface area contributed by atoms with Gasteiger partial charge in [-0.2, -0.15) is 0 Å². The lowest BCUT2D eigenvalue weighted by atomic mass is 10.2. The SMILES string of the molecule is CCNC(=O)CC(=O)c1cc2ccccc2s1. The third-order valence-corrected chi connectivity index (χ3v) is 3.55. The number of hydrogen-bond donors (Lipinski definition) is 1. The quantitative estimate of drug-likeness (QED) is 0.667. The number of thiophene rings is 1. The lowest BCUT2D eigenvalue weighted by molar-refractivity contribution is -0.120. The number of ketones is 1. The zero-order valence-electron chi connectivity index (χ0n) is 9.53. The highest BCUT2D eigenvalue weighted by Gasteiger charge is 2.13. The molecular weight excluding hydrogens is 234 g/mol. The van der Waals surface area contributed by atoms with E-state index in [1.165, 1.54) is 11.3 Å². The molecule has 2 rings (SSSR count). The Kier molecular flexibility index (Phi) is 3.54. The smallest absolute Gasteiger partial charge is 0.227 e. The molecule has 2 aromatic rings. The lowest BCUT2D eigenvalue weighted by Crippen LogP contribution is -2.24. The number of hydrogen-bond acceptors (Lipinski definition) is 3. The Labute approximate surface area is 103 Å². The first-order valence-electron chi connectivity index (χ1n) is 5.49. The van der Waals surface area contributed by atoms with E-state index in [-0.39, 0.29) is 18.1 Å². The summed E-state index contributed by atoms with van der Waals surface area (Å²) in [5, 5.41) is 3.68. The first kappa shape index (κ1) is 11.8. The van der Waals surface area contributed by atoms with E-state index < -0.39 is 0 Å². The molecule has 1 aromatic heterocycles. The van der Waals surface area contributed by atoms with Gasteiger partial charge in [-0.1, -0.05) is 18.2 Å². The zero-order chi connectivity index (χ0) is 12.3. The van der Waals surface area contributed by atoms with Gasteiger partial charge in [0.15, 0.2) is 5.78 Å². The Morgan fingerprint density at radius 3 is 2.76 bits per heavy atom. The minimum atomic E-state index is -0.213. The van der Waals surface area contributed by atoms with E-state index in [2.05, 4.69) is 5.32 Å². The van der Waals surface area contributed by atoms with Gasteiger partial charge in [0.2, 0.25) is 5.91 Å². The molecule has 0 aliphatic heterocycles. The molecule has 4 heteroatoms. The van der Waals surface area contributed by atoms with Crippen LogP contribution >= 0.6 is 11.3 Å². The van der Waals surface area contributed by atoms with E-state index in [0.29, 0.717) is 11.4 Å². The summed E-state index contributed by atoms with van der Waals surface area (Å²) in [6, 6.07) is 9.67. The minimum absolute atomic E-state index is 0.0688. The Hall–Kier alpha value is -1.68. The van der Waals surface area contributed by atoms with E-state index in [4.69, 9.17) is 0 Å². The van der Waals surface area contributed by atoms with Crippen LogP contribution in [-0.4, -0.2) is 18.2 Å². The van der Waals surface area contributed by atoms with Crippen molar-refractivity contribution in [3.63, 3.8) is 0 Å². The topological polar surface area (TPSA) is 46.2 Å². The zero-order valence-corrected chi connectivity index (χ0v) is 10.3. The maximum Gasteiger partial charge on any atom is 0.227 e. The van der Waals surface area contributed by atoms with Gasteiger partial charge in [-0.05, 0) is 24.4 Å². The van der Waals surface area contributed by atoms with Gasteiger partial charge in [0.1, 0.15) is 0 Å². The molecule has 1 N–H and O–H groups in total. The van der Waals surface area contributed by atoms with Gasteiger partial charge < -0.3 is 5.32 Å². The lowest BCUT2D eigenvalue weighted by Gasteiger charge is -1.99. The number of carbonyl (C=O) groups is 2. The van der Waals surface area contributed by atoms with Crippen molar-refractivity contribution in [2.24, 2.45) is 0 Å². The second kappa shape index (κ2) is 5.10. The third-order valence-electron chi connectivity index (χ3n) is 2.40. The van der Waals surface area contributed by atoms with Crippen LogP contribution in [0.3, 0.4) is 0 Å². The Balaban J connectivity index is 2.16. The predicted molar refractivity (Wildman–Crippen MR) is 69.5 cm³/mol. The highest BCUT2D eigenvalue weighted by atomic mass is 32.1. The summed E-state index contributed by atoms with van der Waals surface area (Å²) in [5.41, 5.74) is 0.